The Morgan fingerprint density at radius 1 is 0.652 bits per heavy atom. The first-order chi connectivity index (χ1) is 11.2. The first kappa shape index (κ1) is 23.0. The van der Waals surface area contributed by atoms with Gasteiger partial charge in [0.05, 0.1) is 0 Å². The summed E-state index contributed by atoms with van der Waals surface area (Å²) in [6, 6.07) is 0. The molecule has 1 nitrogen and oxygen atoms in total. The number of hydrogen-bond acceptors (Lipinski definition) is 1. The Morgan fingerprint density at radius 2 is 1.22 bits per heavy atom. The molecule has 23 heavy (non-hydrogen) atoms. The Kier molecular flexibility index (Phi) is 18.3. The molecule has 0 aromatic heterocycles. The Labute approximate surface area is 148 Å². The van der Waals surface area contributed by atoms with Gasteiger partial charge in [-0.25, -0.2) is 0 Å². The molecule has 0 spiro atoms. The van der Waals surface area contributed by atoms with E-state index in [0.717, 1.165) is 25.0 Å². The van der Waals surface area contributed by atoms with Crippen molar-refractivity contribution >= 4 is 0 Å². The molecule has 1 fully saturated rings. The third-order valence-corrected chi connectivity index (χ3v) is 5.14. The molecule has 0 N–H and O–H groups in total. The molecule has 1 aliphatic carbocycles. The van der Waals surface area contributed by atoms with Gasteiger partial charge in [-0.15, -0.1) is 0 Å². The predicted octanol–water partition coefficient (Wildman–Crippen LogP) is 7.78. The summed E-state index contributed by atoms with van der Waals surface area (Å²) in [4.78, 5) is 0. The van der Waals surface area contributed by atoms with Crippen molar-refractivity contribution in [3.8, 4) is 0 Å². The topological polar surface area (TPSA) is 9.23 Å². The lowest BCUT2D eigenvalue weighted by Gasteiger charge is -2.25. The summed E-state index contributed by atoms with van der Waals surface area (Å²) in [5.41, 5.74) is 0. The molecule has 140 valence electrons. The summed E-state index contributed by atoms with van der Waals surface area (Å²) >= 11 is 0. The summed E-state index contributed by atoms with van der Waals surface area (Å²) in [5.74, 6) is 2.11. The average Bonchev–Trinajstić information content (AvgIpc) is 2.57. The Bertz CT molecular complexity index is 193. The Morgan fingerprint density at radius 3 is 1.83 bits per heavy atom. The maximum atomic E-state index is 5.45. The van der Waals surface area contributed by atoms with Gasteiger partial charge in [0.1, 0.15) is 0 Å². The van der Waals surface area contributed by atoms with Crippen LogP contribution in [0, 0.1) is 11.8 Å². The lowest BCUT2D eigenvalue weighted by Crippen LogP contribution is -2.11. The van der Waals surface area contributed by atoms with Crippen LogP contribution >= 0.6 is 0 Å². The monoisotopic (exact) mass is 326 g/mol. The lowest BCUT2D eigenvalue weighted by atomic mass is 9.81. The minimum absolute atomic E-state index is 0.963. The van der Waals surface area contributed by atoms with Gasteiger partial charge in [0.2, 0.25) is 0 Å². The lowest BCUT2D eigenvalue weighted by molar-refractivity contribution is 0.127. The van der Waals surface area contributed by atoms with Crippen LogP contribution < -0.4 is 0 Å². The van der Waals surface area contributed by atoms with Crippen LogP contribution in [0.3, 0.4) is 0 Å². The zero-order chi connectivity index (χ0) is 17.2. The quantitative estimate of drug-likeness (QED) is 0.333. The fourth-order valence-corrected chi connectivity index (χ4v) is 3.27. The molecule has 1 aliphatic rings. The van der Waals surface area contributed by atoms with E-state index in [2.05, 4.69) is 27.7 Å². The molecule has 0 heterocycles. The fraction of sp³-hybridized carbons (Fsp3) is 1.00. The van der Waals surface area contributed by atoms with Crippen LogP contribution in [0.25, 0.3) is 0 Å². The molecular formula is C22H46O. The van der Waals surface area contributed by atoms with E-state index in [0.29, 0.717) is 0 Å². The highest BCUT2D eigenvalue weighted by atomic mass is 16.5. The summed E-state index contributed by atoms with van der Waals surface area (Å²) in [7, 11) is 0. The van der Waals surface area contributed by atoms with Gasteiger partial charge in [-0.1, -0.05) is 105 Å². The minimum Gasteiger partial charge on any atom is -0.381 e. The van der Waals surface area contributed by atoms with Gasteiger partial charge in [-0.3, -0.25) is 0 Å². The van der Waals surface area contributed by atoms with Crippen molar-refractivity contribution in [1.29, 1.82) is 0 Å². The van der Waals surface area contributed by atoms with Crippen LogP contribution in [0.4, 0.5) is 0 Å². The molecule has 0 aliphatic heterocycles. The van der Waals surface area contributed by atoms with E-state index in [1.165, 1.54) is 89.9 Å². The smallest absolute Gasteiger partial charge is 0.0466 e. The van der Waals surface area contributed by atoms with Crippen molar-refractivity contribution < 1.29 is 4.74 Å². The van der Waals surface area contributed by atoms with Crippen molar-refractivity contribution in [3.63, 3.8) is 0 Å². The third-order valence-electron chi connectivity index (χ3n) is 5.14. The largest absolute Gasteiger partial charge is 0.381 e. The maximum Gasteiger partial charge on any atom is 0.0466 e. The number of unbranched alkanes of at least 4 members (excludes halogenated alkanes) is 6. The first-order valence-corrected chi connectivity index (χ1v) is 10.8. The molecule has 0 radical (unpaired) electrons. The van der Waals surface area contributed by atoms with Gasteiger partial charge in [-0.2, -0.15) is 0 Å². The molecule has 0 saturated heterocycles. The third kappa shape index (κ3) is 16.6. The van der Waals surface area contributed by atoms with Crippen LogP contribution in [0.1, 0.15) is 118 Å². The van der Waals surface area contributed by atoms with Gasteiger partial charge in [0, 0.05) is 13.2 Å². The first-order valence-electron chi connectivity index (χ1n) is 10.8. The highest BCUT2D eigenvalue weighted by molar-refractivity contribution is 4.69. The highest BCUT2D eigenvalue weighted by Crippen LogP contribution is 2.31. The standard InChI is InChI=1S/C11H24O.C11H22/c1-3-5-7-8-9-11-12-10-6-4-2;1-3-4-5-11-8-6-10(2)7-9-11/h3-11H2,1-2H3;10-11H,3-9H2,1-2H3. The summed E-state index contributed by atoms with van der Waals surface area (Å²) < 4.78 is 5.45. The van der Waals surface area contributed by atoms with Gasteiger partial charge >= 0.3 is 0 Å². The number of rotatable bonds is 12. The van der Waals surface area contributed by atoms with Gasteiger partial charge in [-0.05, 0) is 24.7 Å². The molecule has 1 rings (SSSR count). The molecule has 0 aromatic carbocycles. The van der Waals surface area contributed by atoms with E-state index in [1.54, 1.807) is 0 Å². The molecule has 0 atom stereocenters. The van der Waals surface area contributed by atoms with Gasteiger partial charge in [0.15, 0.2) is 0 Å². The van der Waals surface area contributed by atoms with E-state index >= 15 is 0 Å². The van der Waals surface area contributed by atoms with Crippen molar-refractivity contribution in [2.24, 2.45) is 11.8 Å². The van der Waals surface area contributed by atoms with Crippen molar-refractivity contribution in [3.05, 3.63) is 0 Å². The number of hydrogen-bond donors (Lipinski definition) is 0. The average molecular weight is 327 g/mol. The predicted molar refractivity (Wildman–Crippen MR) is 105 cm³/mol. The second-order valence-electron chi connectivity index (χ2n) is 7.65. The summed E-state index contributed by atoms with van der Waals surface area (Å²) in [5, 5.41) is 0. The van der Waals surface area contributed by atoms with E-state index in [-0.39, 0.29) is 0 Å². The Hall–Kier alpha value is -0.0400. The summed E-state index contributed by atoms with van der Waals surface area (Å²) in [6.45, 7) is 11.1. The highest BCUT2D eigenvalue weighted by Gasteiger charge is 2.16. The van der Waals surface area contributed by atoms with Crippen LogP contribution in [0.15, 0.2) is 0 Å². The van der Waals surface area contributed by atoms with E-state index < -0.39 is 0 Å². The van der Waals surface area contributed by atoms with Crippen molar-refractivity contribution in [1.82, 2.24) is 0 Å². The van der Waals surface area contributed by atoms with Crippen molar-refractivity contribution in [2.75, 3.05) is 13.2 Å². The van der Waals surface area contributed by atoms with Crippen LogP contribution in [-0.4, -0.2) is 13.2 Å². The van der Waals surface area contributed by atoms with Crippen LogP contribution in [0.5, 0.6) is 0 Å². The second kappa shape index (κ2) is 18.3. The normalized spacial score (nSPS) is 20.9. The van der Waals surface area contributed by atoms with Gasteiger partial charge < -0.3 is 4.74 Å². The molecule has 0 unspecified atom stereocenters. The Balaban J connectivity index is 0.000000422. The van der Waals surface area contributed by atoms with Gasteiger partial charge in [0.25, 0.3) is 0 Å². The van der Waals surface area contributed by atoms with Crippen molar-refractivity contribution in [2.45, 2.75) is 118 Å². The zero-order valence-corrected chi connectivity index (χ0v) is 16.9. The molecule has 1 heteroatoms. The van der Waals surface area contributed by atoms with E-state index in [4.69, 9.17) is 4.74 Å². The maximum absolute atomic E-state index is 5.45. The van der Waals surface area contributed by atoms with E-state index in [9.17, 15) is 0 Å². The molecule has 0 aromatic rings. The van der Waals surface area contributed by atoms with Crippen LogP contribution in [-0.2, 0) is 4.74 Å². The summed E-state index contributed by atoms with van der Waals surface area (Å²) in [6.07, 6.45) is 19.5. The molecule has 1 saturated carbocycles. The second-order valence-corrected chi connectivity index (χ2v) is 7.65. The SMILES string of the molecule is CCCCC1CCC(C)CC1.CCCCCCCOCCCC. The molecule has 0 amide bonds. The fourth-order valence-electron chi connectivity index (χ4n) is 3.27. The van der Waals surface area contributed by atoms with E-state index in [1.807, 2.05) is 0 Å². The molecule has 0 bridgehead atoms. The minimum atomic E-state index is 0.963. The van der Waals surface area contributed by atoms with Crippen LogP contribution in [0.2, 0.25) is 0 Å². The molecular weight excluding hydrogens is 280 g/mol. The number of ether oxygens (including phenoxy) is 1. The zero-order valence-electron chi connectivity index (χ0n) is 16.9.